The Labute approximate surface area is 182 Å². The van der Waals surface area contributed by atoms with Gasteiger partial charge in [0.15, 0.2) is 0 Å². The fourth-order valence-electron chi connectivity index (χ4n) is 3.75. The molecule has 1 fully saturated rings. The molecule has 2 aliphatic rings. The summed E-state index contributed by atoms with van der Waals surface area (Å²) in [5, 5.41) is 5.68. The molecule has 4 rings (SSSR count). The van der Waals surface area contributed by atoms with Gasteiger partial charge in [-0.3, -0.25) is 9.59 Å². The zero-order chi connectivity index (χ0) is 21.6. The van der Waals surface area contributed by atoms with Gasteiger partial charge in [0.1, 0.15) is 6.04 Å². The van der Waals surface area contributed by atoms with Crippen LogP contribution in [0.1, 0.15) is 11.1 Å². The smallest absolute Gasteiger partial charge is 0.329 e. The van der Waals surface area contributed by atoms with Gasteiger partial charge in [0.25, 0.3) is 11.8 Å². The van der Waals surface area contributed by atoms with E-state index >= 15 is 0 Å². The molecule has 0 radical (unpaired) electrons. The Morgan fingerprint density at radius 2 is 1.80 bits per heavy atom. The highest BCUT2D eigenvalue weighted by Gasteiger charge is 2.49. The van der Waals surface area contributed by atoms with Crippen molar-refractivity contribution in [3.63, 3.8) is 0 Å². The van der Waals surface area contributed by atoms with E-state index < -0.39 is 18.1 Å². The number of halogens is 1. The quantitative estimate of drug-likeness (QED) is 0.723. The summed E-state index contributed by atoms with van der Waals surface area (Å²) in [4.78, 5) is 41.7. The van der Waals surface area contributed by atoms with Crippen LogP contribution in [0.3, 0.4) is 0 Å². The number of rotatable bonds is 3. The Bertz CT molecular complexity index is 1080. The molecule has 0 saturated carbocycles. The van der Waals surface area contributed by atoms with E-state index in [4.69, 9.17) is 0 Å². The molecule has 0 spiro atoms. The van der Waals surface area contributed by atoms with Crippen LogP contribution in [0.5, 0.6) is 0 Å². The summed E-state index contributed by atoms with van der Waals surface area (Å²) >= 11 is 3.44. The zero-order valence-corrected chi connectivity index (χ0v) is 18.4. The SMILES string of the molecule is Cc1ccc(N2C(=O)NC3C(C(=O)Nc4ccc(Br)c(C)c4)=CN(C)C3C2=O)cc1. The lowest BCUT2D eigenvalue weighted by Crippen LogP contribution is -2.65. The first-order valence-electron chi connectivity index (χ1n) is 9.48. The number of hydrogen-bond acceptors (Lipinski definition) is 4. The van der Waals surface area contributed by atoms with E-state index in [0.717, 1.165) is 20.5 Å². The third kappa shape index (κ3) is 3.47. The summed E-state index contributed by atoms with van der Waals surface area (Å²) in [6.45, 7) is 3.86. The van der Waals surface area contributed by atoms with Crippen LogP contribution >= 0.6 is 15.9 Å². The molecular weight excluding hydrogens is 448 g/mol. The number of nitrogens with one attached hydrogen (secondary N) is 2. The molecule has 7 nitrogen and oxygen atoms in total. The number of carbonyl (C=O) groups is 3. The van der Waals surface area contributed by atoms with Crippen molar-refractivity contribution >= 4 is 45.2 Å². The van der Waals surface area contributed by atoms with Crippen molar-refractivity contribution in [1.29, 1.82) is 0 Å². The number of hydrogen-bond donors (Lipinski definition) is 2. The predicted octanol–water partition coefficient (Wildman–Crippen LogP) is 3.33. The minimum atomic E-state index is -0.715. The summed E-state index contributed by atoms with van der Waals surface area (Å²) in [6.07, 6.45) is 1.62. The Hall–Kier alpha value is -3.13. The van der Waals surface area contributed by atoms with Gasteiger partial charge in [0.05, 0.1) is 17.3 Å². The van der Waals surface area contributed by atoms with E-state index in [1.165, 1.54) is 0 Å². The number of anilines is 2. The molecule has 0 bridgehead atoms. The van der Waals surface area contributed by atoms with Crippen LogP contribution in [0.4, 0.5) is 16.2 Å². The molecule has 2 aliphatic heterocycles. The predicted molar refractivity (Wildman–Crippen MR) is 118 cm³/mol. The van der Waals surface area contributed by atoms with E-state index in [0.29, 0.717) is 16.9 Å². The van der Waals surface area contributed by atoms with Gasteiger partial charge >= 0.3 is 6.03 Å². The van der Waals surface area contributed by atoms with Crippen molar-refractivity contribution in [2.45, 2.75) is 25.9 Å². The topological polar surface area (TPSA) is 81.8 Å². The highest BCUT2D eigenvalue weighted by molar-refractivity contribution is 9.10. The number of benzene rings is 2. The van der Waals surface area contributed by atoms with Gasteiger partial charge in [0.2, 0.25) is 0 Å². The summed E-state index contributed by atoms with van der Waals surface area (Å²) < 4.78 is 0.946. The maximum Gasteiger partial charge on any atom is 0.329 e. The normalized spacial score (nSPS) is 20.6. The van der Waals surface area contributed by atoms with Gasteiger partial charge in [-0.25, -0.2) is 9.69 Å². The second kappa shape index (κ2) is 7.60. The lowest BCUT2D eigenvalue weighted by molar-refractivity contribution is -0.122. The summed E-state index contributed by atoms with van der Waals surface area (Å²) in [5.41, 5.74) is 3.50. The van der Waals surface area contributed by atoms with Gasteiger partial charge < -0.3 is 15.5 Å². The first-order chi connectivity index (χ1) is 14.3. The van der Waals surface area contributed by atoms with Crippen LogP contribution in [0.15, 0.2) is 58.7 Å². The van der Waals surface area contributed by atoms with Crippen LogP contribution < -0.4 is 15.5 Å². The first-order valence-corrected chi connectivity index (χ1v) is 10.3. The molecule has 2 aromatic rings. The molecule has 8 heteroatoms. The highest BCUT2D eigenvalue weighted by atomic mass is 79.9. The van der Waals surface area contributed by atoms with Gasteiger partial charge in [-0.15, -0.1) is 0 Å². The van der Waals surface area contributed by atoms with Crippen molar-refractivity contribution in [3.05, 3.63) is 69.8 Å². The number of carbonyl (C=O) groups excluding carboxylic acids is 3. The molecule has 1 saturated heterocycles. The standard InChI is InChI=1S/C22H21BrN4O3/c1-12-4-7-15(8-5-12)27-21(29)19-18(25-22(27)30)16(11-26(19)3)20(28)24-14-6-9-17(23)13(2)10-14/h4-11,18-19H,1-3H3,(H,24,28)(H,25,30). The number of fused-ring (bicyclic) bond motifs is 1. The second-order valence-electron chi connectivity index (χ2n) is 7.55. The monoisotopic (exact) mass is 468 g/mol. The van der Waals surface area contributed by atoms with Crippen molar-refractivity contribution in [2.24, 2.45) is 0 Å². The Balaban J connectivity index is 1.57. The van der Waals surface area contributed by atoms with Crippen molar-refractivity contribution in [2.75, 3.05) is 17.3 Å². The molecule has 0 aliphatic carbocycles. The Kier molecular flexibility index (Phi) is 5.11. The van der Waals surface area contributed by atoms with Crippen molar-refractivity contribution < 1.29 is 14.4 Å². The van der Waals surface area contributed by atoms with E-state index in [2.05, 4.69) is 26.6 Å². The van der Waals surface area contributed by atoms with E-state index in [9.17, 15) is 14.4 Å². The average molecular weight is 469 g/mol. The number of urea groups is 1. The van der Waals surface area contributed by atoms with Gasteiger partial charge in [-0.1, -0.05) is 33.6 Å². The number of imide groups is 1. The molecule has 4 amide bonds. The van der Waals surface area contributed by atoms with E-state index in [-0.39, 0.29) is 11.8 Å². The molecule has 154 valence electrons. The number of nitrogens with zero attached hydrogens (tertiary/aromatic N) is 2. The van der Waals surface area contributed by atoms with Gasteiger partial charge in [-0.05, 0) is 49.7 Å². The molecule has 2 atom stereocenters. The second-order valence-corrected chi connectivity index (χ2v) is 8.40. The molecule has 2 heterocycles. The Morgan fingerprint density at radius 3 is 2.47 bits per heavy atom. The minimum absolute atomic E-state index is 0.341. The van der Waals surface area contributed by atoms with Crippen molar-refractivity contribution in [3.8, 4) is 0 Å². The van der Waals surface area contributed by atoms with E-state index in [1.807, 2.05) is 38.1 Å². The highest BCUT2D eigenvalue weighted by Crippen LogP contribution is 2.30. The lowest BCUT2D eigenvalue weighted by atomic mass is 9.99. The number of aryl methyl sites for hydroxylation is 2. The number of likely N-dealkylation sites (N-methyl/N-ethyl adjacent to an activating group) is 1. The Morgan fingerprint density at radius 1 is 1.10 bits per heavy atom. The lowest BCUT2D eigenvalue weighted by Gasteiger charge is -2.37. The fourth-order valence-corrected chi connectivity index (χ4v) is 4.00. The van der Waals surface area contributed by atoms with Gasteiger partial charge in [-0.2, -0.15) is 0 Å². The fraction of sp³-hybridized carbons (Fsp3) is 0.227. The molecule has 0 aromatic heterocycles. The molecule has 2 aromatic carbocycles. The zero-order valence-electron chi connectivity index (χ0n) is 16.8. The maximum atomic E-state index is 13.2. The maximum absolute atomic E-state index is 13.2. The molecule has 30 heavy (non-hydrogen) atoms. The van der Waals surface area contributed by atoms with Crippen LogP contribution in [0, 0.1) is 13.8 Å². The van der Waals surface area contributed by atoms with Crippen LogP contribution in [-0.2, 0) is 9.59 Å². The average Bonchev–Trinajstić information content (AvgIpc) is 3.02. The summed E-state index contributed by atoms with van der Waals surface area (Å²) in [6, 6.07) is 10.7. The van der Waals surface area contributed by atoms with E-state index in [1.54, 1.807) is 36.3 Å². The molecule has 2 unspecified atom stereocenters. The molecule has 2 N–H and O–H groups in total. The largest absolute Gasteiger partial charge is 0.366 e. The van der Waals surface area contributed by atoms with Crippen LogP contribution in [0.2, 0.25) is 0 Å². The summed E-state index contributed by atoms with van der Waals surface area (Å²) in [5.74, 6) is -0.721. The number of amides is 4. The minimum Gasteiger partial charge on any atom is -0.366 e. The third-order valence-electron chi connectivity index (χ3n) is 5.36. The summed E-state index contributed by atoms with van der Waals surface area (Å²) in [7, 11) is 1.73. The van der Waals surface area contributed by atoms with Gasteiger partial charge in [0, 0.05) is 23.4 Å². The van der Waals surface area contributed by atoms with Crippen LogP contribution in [0.25, 0.3) is 0 Å². The van der Waals surface area contributed by atoms with Crippen molar-refractivity contribution in [1.82, 2.24) is 10.2 Å². The van der Waals surface area contributed by atoms with Crippen LogP contribution in [-0.4, -0.2) is 41.9 Å². The first kappa shape index (κ1) is 20.2. The molecular formula is C22H21BrN4O3. The third-order valence-corrected chi connectivity index (χ3v) is 6.25.